The fourth-order valence-electron chi connectivity index (χ4n) is 1.99. The first-order chi connectivity index (χ1) is 10.0. The molecule has 0 aliphatic carbocycles. The van der Waals surface area contributed by atoms with E-state index >= 15 is 0 Å². The number of carbonyl (C=O) groups is 1. The highest BCUT2D eigenvalue weighted by Crippen LogP contribution is 2.17. The van der Waals surface area contributed by atoms with Crippen LogP contribution in [0.4, 0.5) is 10.2 Å². The highest BCUT2D eigenvalue weighted by Gasteiger charge is 2.22. The molecule has 1 aromatic rings. The molecule has 0 aliphatic heterocycles. The van der Waals surface area contributed by atoms with Crippen molar-refractivity contribution in [2.75, 3.05) is 38.7 Å². The standard InChI is InChI=1S/C15H24FN3O2/c1-5-17-14-13(16)12(6-7-18-14)15(20)19(8-9-21-4)10-11(2)3/h6-7,11H,5,8-10H2,1-4H3,(H,17,18). The number of amides is 1. The summed E-state index contributed by atoms with van der Waals surface area (Å²) in [6, 6.07) is 1.42. The van der Waals surface area contributed by atoms with Crippen molar-refractivity contribution in [1.29, 1.82) is 0 Å². The second kappa shape index (κ2) is 8.56. The number of ether oxygens (including phenoxy) is 1. The normalized spacial score (nSPS) is 10.8. The van der Waals surface area contributed by atoms with Gasteiger partial charge in [-0.2, -0.15) is 0 Å². The number of carbonyl (C=O) groups excluding carboxylic acids is 1. The summed E-state index contributed by atoms with van der Waals surface area (Å²) in [5.41, 5.74) is 0.0395. The van der Waals surface area contributed by atoms with Gasteiger partial charge in [-0.05, 0) is 18.9 Å². The summed E-state index contributed by atoms with van der Waals surface area (Å²) in [5, 5.41) is 2.81. The molecule has 0 bridgehead atoms. The van der Waals surface area contributed by atoms with Crippen LogP contribution in [0.1, 0.15) is 31.1 Å². The monoisotopic (exact) mass is 297 g/mol. The van der Waals surface area contributed by atoms with Crippen LogP contribution >= 0.6 is 0 Å². The fourth-order valence-corrected chi connectivity index (χ4v) is 1.99. The van der Waals surface area contributed by atoms with Crippen molar-refractivity contribution in [3.63, 3.8) is 0 Å². The summed E-state index contributed by atoms with van der Waals surface area (Å²) in [4.78, 5) is 18.1. The number of halogens is 1. The van der Waals surface area contributed by atoms with Gasteiger partial charge in [0.2, 0.25) is 0 Å². The molecule has 5 nitrogen and oxygen atoms in total. The van der Waals surface area contributed by atoms with Crippen molar-refractivity contribution in [2.24, 2.45) is 5.92 Å². The lowest BCUT2D eigenvalue weighted by Gasteiger charge is -2.24. The third-order valence-electron chi connectivity index (χ3n) is 2.90. The molecule has 0 radical (unpaired) electrons. The first-order valence-electron chi connectivity index (χ1n) is 7.17. The quantitative estimate of drug-likeness (QED) is 0.800. The maximum Gasteiger partial charge on any atom is 0.257 e. The van der Waals surface area contributed by atoms with Gasteiger partial charge in [0.1, 0.15) is 0 Å². The Hall–Kier alpha value is -1.69. The third kappa shape index (κ3) is 4.97. The molecule has 21 heavy (non-hydrogen) atoms. The van der Waals surface area contributed by atoms with Crippen LogP contribution in [-0.2, 0) is 4.74 Å². The maximum absolute atomic E-state index is 14.3. The second-order valence-corrected chi connectivity index (χ2v) is 5.19. The molecule has 118 valence electrons. The Kier molecular flexibility index (Phi) is 7.08. The lowest BCUT2D eigenvalue weighted by Crippen LogP contribution is -2.37. The van der Waals surface area contributed by atoms with Crippen molar-refractivity contribution >= 4 is 11.7 Å². The largest absolute Gasteiger partial charge is 0.383 e. The number of methoxy groups -OCH3 is 1. The molecule has 1 aromatic heterocycles. The van der Waals surface area contributed by atoms with E-state index in [0.29, 0.717) is 32.2 Å². The Bertz CT molecular complexity index is 466. The van der Waals surface area contributed by atoms with Gasteiger partial charge in [0.05, 0.1) is 12.2 Å². The van der Waals surface area contributed by atoms with Gasteiger partial charge in [0.15, 0.2) is 11.6 Å². The molecule has 0 saturated carbocycles. The molecule has 0 saturated heterocycles. The average molecular weight is 297 g/mol. The predicted molar refractivity (Wildman–Crippen MR) is 81.0 cm³/mol. The van der Waals surface area contributed by atoms with Crippen LogP contribution < -0.4 is 5.32 Å². The van der Waals surface area contributed by atoms with Gasteiger partial charge >= 0.3 is 0 Å². The van der Waals surface area contributed by atoms with E-state index in [0.717, 1.165) is 0 Å². The summed E-state index contributed by atoms with van der Waals surface area (Å²) in [7, 11) is 1.58. The molecule has 1 heterocycles. The Morgan fingerprint density at radius 1 is 1.52 bits per heavy atom. The SMILES string of the molecule is CCNc1nccc(C(=O)N(CCOC)CC(C)C)c1F. The van der Waals surface area contributed by atoms with Gasteiger partial charge in [0.25, 0.3) is 5.91 Å². The van der Waals surface area contributed by atoms with Gasteiger partial charge < -0.3 is 15.0 Å². The minimum absolute atomic E-state index is 0.0395. The topological polar surface area (TPSA) is 54.5 Å². The Morgan fingerprint density at radius 3 is 2.81 bits per heavy atom. The summed E-state index contributed by atoms with van der Waals surface area (Å²) in [6.07, 6.45) is 1.44. The highest BCUT2D eigenvalue weighted by molar-refractivity contribution is 5.95. The Labute approximate surface area is 125 Å². The summed E-state index contributed by atoms with van der Waals surface area (Å²) in [6.45, 7) is 7.83. The molecule has 0 aromatic carbocycles. The molecule has 1 N–H and O–H groups in total. The molecule has 0 atom stereocenters. The number of rotatable bonds is 8. The molecular formula is C15H24FN3O2. The van der Waals surface area contributed by atoms with Crippen LogP contribution in [-0.4, -0.2) is 49.1 Å². The summed E-state index contributed by atoms with van der Waals surface area (Å²) in [5.74, 6) is -0.529. The van der Waals surface area contributed by atoms with E-state index in [1.807, 2.05) is 20.8 Å². The molecule has 0 spiro atoms. The lowest BCUT2D eigenvalue weighted by molar-refractivity contribution is 0.0667. The van der Waals surface area contributed by atoms with E-state index in [1.54, 1.807) is 12.0 Å². The molecule has 0 unspecified atom stereocenters. The zero-order chi connectivity index (χ0) is 15.8. The smallest absolute Gasteiger partial charge is 0.257 e. The van der Waals surface area contributed by atoms with Crippen LogP contribution in [0.25, 0.3) is 0 Å². The van der Waals surface area contributed by atoms with E-state index < -0.39 is 5.82 Å². The van der Waals surface area contributed by atoms with Crippen LogP contribution in [0.2, 0.25) is 0 Å². The molecule has 0 aliphatic rings. The first-order valence-corrected chi connectivity index (χ1v) is 7.17. The predicted octanol–water partition coefficient (Wildman–Crippen LogP) is 2.40. The molecular weight excluding hydrogens is 273 g/mol. The van der Waals surface area contributed by atoms with Crippen LogP contribution in [0.3, 0.4) is 0 Å². The van der Waals surface area contributed by atoms with Crippen molar-refractivity contribution in [1.82, 2.24) is 9.88 Å². The van der Waals surface area contributed by atoms with E-state index in [1.165, 1.54) is 12.3 Å². The van der Waals surface area contributed by atoms with Gasteiger partial charge in [-0.25, -0.2) is 9.37 Å². The molecule has 6 heteroatoms. The molecule has 1 amide bonds. The number of nitrogens with zero attached hydrogens (tertiary/aromatic N) is 2. The van der Waals surface area contributed by atoms with Crippen LogP contribution in [0, 0.1) is 11.7 Å². The Morgan fingerprint density at radius 2 is 2.24 bits per heavy atom. The zero-order valence-electron chi connectivity index (χ0n) is 13.1. The van der Waals surface area contributed by atoms with Gasteiger partial charge in [-0.15, -0.1) is 0 Å². The van der Waals surface area contributed by atoms with E-state index in [9.17, 15) is 9.18 Å². The number of hydrogen-bond acceptors (Lipinski definition) is 4. The number of hydrogen-bond donors (Lipinski definition) is 1. The zero-order valence-corrected chi connectivity index (χ0v) is 13.1. The van der Waals surface area contributed by atoms with Crippen molar-refractivity contribution in [3.8, 4) is 0 Å². The number of anilines is 1. The molecule has 0 fully saturated rings. The number of pyridine rings is 1. The molecule has 1 rings (SSSR count). The number of nitrogens with one attached hydrogen (secondary N) is 1. The van der Waals surface area contributed by atoms with Gasteiger partial charge in [-0.1, -0.05) is 13.8 Å². The van der Waals surface area contributed by atoms with Crippen LogP contribution in [0.15, 0.2) is 12.3 Å². The van der Waals surface area contributed by atoms with E-state index in [4.69, 9.17) is 4.74 Å². The maximum atomic E-state index is 14.3. The van der Waals surface area contributed by atoms with E-state index in [-0.39, 0.29) is 17.3 Å². The van der Waals surface area contributed by atoms with Crippen molar-refractivity contribution in [3.05, 3.63) is 23.6 Å². The summed E-state index contributed by atoms with van der Waals surface area (Å²) < 4.78 is 19.3. The average Bonchev–Trinajstić information content (AvgIpc) is 2.45. The highest BCUT2D eigenvalue weighted by atomic mass is 19.1. The van der Waals surface area contributed by atoms with Crippen molar-refractivity contribution in [2.45, 2.75) is 20.8 Å². The van der Waals surface area contributed by atoms with Gasteiger partial charge in [0, 0.05) is 32.9 Å². The fraction of sp³-hybridized carbons (Fsp3) is 0.600. The minimum atomic E-state index is -0.601. The minimum Gasteiger partial charge on any atom is -0.383 e. The lowest BCUT2D eigenvalue weighted by atomic mass is 10.1. The first kappa shape index (κ1) is 17.4. The van der Waals surface area contributed by atoms with Gasteiger partial charge in [-0.3, -0.25) is 4.79 Å². The number of aromatic nitrogens is 1. The summed E-state index contributed by atoms with van der Waals surface area (Å²) >= 11 is 0. The Balaban J connectivity index is 2.99. The second-order valence-electron chi connectivity index (χ2n) is 5.19. The van der Waals surface area contributed by atoms with Crippen LogP contribution in [0.5, 0.6) is 0 Å². The third-order valence-corrected chi connectivity index (χ3v) is 2.90. The van der Waals surface area contributed by atoms with E-state index in [2.05, 4.69) is 10.3 Å². The van der Waals surface area contributed by atoms with Crippen molar-refractivity contribution < 1.29 is 13.9 Å².